The molecule has 1 aromatic heterocycles. The van der Waals surface area contributed by atoms with Crippen molar-refractivity contribution in [1.82, 2.24) is 14.5 Å². The molecule has 3 aromatic rings. The van der Waals surface area contributed by atoms with Crippen molar-refractivity contribution in [1.29, 1.82) is 0 Å². The van der Waals surface area contributed by atoms with E-state index in [1.165, 1.54) is 12.1 Å². The fourth-order valence-electron chi connectivity index (χ4n) is 4.03. The van der Waals surface area contributed by atoms with E-state index >= 15 is 0 Å². The van der Waals surface area contributed by atoms with Gasteiger partial charge in [-0.1, -0.05) is 23.4 Å². The zero-order valence-corrected chi connectivity index (χ0v) is 18.0. The summed E-state index contributed by atoms with van der Waals surface area (Å²) in [5, 5.41) is 4.25. The molecule has 3 heterocycles. The molecule has 0 saturated carbocycles. The molecule has 1 saturated heterocycles. The largest absolute Gasteiger partial charge is 0.495 e. The summed E-state index contributed by atoms with van der Waals surface area (Å²) in [5.74, 6) is 1.67. The first kappa shape index (κ1) is 20.1. The first-order valence-electron chi connectivity index (χ1n) is 10.3. The van der Waals surface area contributed by atoms with Crippen LogP contribution in [0.15, 0.2) is 65.9 Å². The first-order chi connectivity index (χ1) is 15.5. The van der Waals surface area contributed by atoms with E-state index in [1.807, 2.05) is 48.9 Å². The summed E-state index contributed by atoms with van der Waals surface area (Å²) in [6.45, 7) is 4.27. The van der Waals surface area contributed by atoms with Gasteiger partial charge in [-0.15, -0.1) is 0 Å². The average molecular weight is 434 g/mol. The lowest BCUT2D eigenvalue weighted by atomic mass is 10.0. The summed E-state index contributed by atoms with van der Waals surface area (Å²) < 4.78 is 27.0. The highest BCUT2D eigenvalue weighted by Crippen LogP contribution is 2.36. The predicted octanol–water partition coefficient (Wildman–Crippen LogP) is 4.43. The molecule has 8 heteroatoms. The number of oxime groups is 1. The van der Waals surface area contributed by atoms with Crippen LogP contribution >= 0.6 is 0 Å². The highest BCUT2D eigenvalue weighted by atomic mass is 19.1. The van der Waals surface area contributed by atoms with Crippen molar-refractivity contribution in [3.8, 4) is 11.4 Å². The molecule has 2 aliphatic heterocycles. The van der Waals surface area contributed by atoms with Crippen LogP contribution in [0.5, 0.6) is 5.75 Å². The van der Waals surface area contributed by atoms with E-state index < -0.39 is 0 Å². The third kappa shape index (κ3) is 3.57. The number of fused-ring (bicyclic) bond motifs is 1. The molecule has 1 unspecified atom stereocenters. The fourth-order valence-corrected chi connectivity index (χ4v) is 4.03. The van der Waals surface area contributed by atoms with E-state index in [0.717, 1.165) is 22.5 Å². The fraction of sp³-hybridized carbons (Fsp3) is 0.250. The molecule has 0 spiro atoms. The van der Waals surface area contributed by atoms with Gasteiger partial charge in [-0.25, -0.2) is 9.37 Å². The van der Waals surface area contributed by atoms with E-state index in [2.05, 4.69) is 15.0 Å². The maximum Gasteiger partial charge on any atom is 0.214 e. The summed E-state index contributed by atoms with van der Waals surface area (Å²) >= 11 is 0. The smallest absolute Gasteiger partial charge is 0.214 e. The van der Waals surface area contributed by atoms with Crippen molar-refractivity contribution in [2.24, 2.45) is 5.16 Å². The number of benzene rings is 2. The van der Waals surface area contributed by atoms with Crippen LogP contribution in [0.4, 0.5) is 4.39 Å². The van der Waals surface area contributed by atoms with Gasteiger partial charge in [-0.2, -0.15) is 0 Å². The number of hydrogen-bond donors (Lipinski definition) is 0. The maximum atomic E-state index is 13.4. The number of rotatable bonds is 4. The highest BCUT2D eigenvalue weighted by molar-refractivity contribution is 6.01. The monoisotopic (exact) mass is 434 g/mol. The second kappa shape index (κ2) is 8.03. The summed E-state index contributed by atoms with van der Waals surface area (Å²) in [6.07, 6.45) is 5.36. The second-order valence-corrected chi connectivity index (χ2v) is 7.77. The van der Waals surface area contributed by atoms with Crippen LogP contribution in [0.3, 0.4) is 0 Å². The van der Waals surface area contributed by atoms with E-state index in [0.29, 0.717) is 24.0 Å². The number of imidazole rings is 1. The molecule has 1 fully saturated rings. The molecule has 2 aliphatic rings. The van der Waals surface area contributed by atoms with Crippen molar-refractivity contribution in [3.63, 3.8) is 0 Å². The van der Waals surface area contributed by atoms with Crippen molar-refractivity contribution < 1.29 is 18.7 Å². The van der Waals surface area contributed by atoms with Gasteiger partial charge in [0.25, 0.3) is 0 Å². The lowest BCUT2D eigenvalue weighted by molar-refractivity contribution is -0.0124. The van der Waals surface area contributed by atoms with Gasteiger partial charge in [0.1, 0.15) is 18.2 Å². The number of methoxy groups -OCH3 is 1. The molecular weight excluding hydrogens is 411 g/mol. The lowest BCUT2D eigenvalue weighted by Crippen LogP contribution is -2.44. The van der Waals surface area contributed by atoms with Crippen LogP contribution in [0, 0.1) is 12.7 Å². The number of amidine groups is 1. The second-order valence-electron chi connectivity index (χ2n) is 7.77. The van der Waals surface area contributed by atoms with E-state index in [4.69, 9.17) is 14.3 Å². The van der Waals surface area contributed by atoms with E-state index in [1.54, 1.807) is 25.6 Å². The number of aromatic nitrogens is 2. The Bertz CT molecular complexity index is 1200. The maximum absolute atomic E-state index is 13.4. The summed E-state index contributed by atoms with van der Waals surface area (Å²) in [6, 6.07) is 12.2. The van der Waals surface area contributed by atoms with Crippen LogP contribution in [0.25, 0.3) is 11.8 Å². The minimum Gasteiger partial charge on any atom is -0.495 e. The van der Waals surface area contributed by atoms with Gasteiger partial charge in [0.15, 0.2) is 12.0 Å². The molecule has 32 heavy (non-hydrogen) atoms. The van der Waals surface area contributed by atoms with Crippen LogP contribution < -0.4 is 4.74 Å². The third-order valence-corrected chi connectivity index (χ3v) is 5.63. The molecular formula is C24H23FN4O3. The van der Waals surface area contributed by atoms with E-state index in [9.17, 15) is 4.39 Å². The average Bonchev–Trinajstić information content (AvgIpc) is 3.41. The van der Waals surface area contributed by atoms with Gasteiger partial charge >= 0.3 is 0 Å². The quantitative estimate of drug-likeness (QED) is 0.608. The van der Waals surface area contributed by atoms with Gasteiger partial charge in [-0.3, -0.25) is 0 Å². The van der Waals surface area contributed by atoms with Crippen molar-refractivity contribution >= 4 is 11.9 Å². The SMILES string of the molecule is COc1cc(C=C2OCC(c3ccc(F)cc3)N3C2=NO[C@@H]3C)ccc1-n1cnc(C)c1. The number of morpholine rings is 1. The zero-order valence-electron chi connectivity index (χ0n) is 18.0. The predicted molar refractivity (Wildman–Crippen MR) is 118 cm³/mol. The topological polar surface area (TPSA) is 61.1 Å². The molecule has 0 N–H and O–H groups in total. The van der Waals surface area contributed by atoms with Gasteiger partial charge in [0, 0.05) is 6.20 Å². The number of hydrogen-bond acceptors (Lipinski definition) is 6. The van der Waals surface area contributed by atoms with Crippen LogP contribution in [0.2, 0.25) is 0 Å². The van der Waals surface area contributed by atoms with Crippen molar-refractivity contribution in [2.45, 2.75) is 26.1 Å². The van der Waals surface area contributed by atoms with Crippen LogP contribution in [-0.4, -0.2) is 40.2 Å². The third-order valence-electron chi connectivity index (χ3n) is 5.63. The van der Waals surface area contributed by atoms with Gasteiger partial charge in [-0.05, 0) is 55.3 Å². The Morgan fingerprint density at radius 3 is 2.72 bits per heavy atom. The molecule has 164 valence electrons. The Morgan fingerprint density at radius 1 is 1.19 bits per heavy atom. The number of aryl methyl sites for hydroxylation is 1. The van der Waals surface area contributed by atoms with Crippen molar-refractivity contribution in [2.75, 3.05) is 13.7 Å². The number of halogens is 1. The molecule has 0 amide bonds. The van der Waals surface area contributed by atoms with Crippen LogP contribution in [-0.2, 0) is 9.57 Å². The minimum absolute atomic E-state index is 0.120. The standard InChI is InChI=1S/C24H23FN4O3/c1-15-12-28(14-26-15)20-9-4-17(10-22(20)30-3)11-23-24-27-32-16(2)29(24)21(13-31-23)18-5-7-19(25)8-6-18/h4-12,14,16,21H,13H2,1-3H3/t16-,21?/m1/s1. The van der Waals surface area contributed by atoms with Crippen LogP contribution in [0.1, 0.15) is 29.8 Å². The molecule has 5 rings (SSSR count). The molecule has 0 bridgehead atoms. The summed E-state index contributed by atoms with van der Waals surface area (Å²) in [7, 11) is 1.64. The Labute approximate surface area is 185 Å². The molecule has 0 radical (unpaired) electrons. The van der Waals surface area contributed by atoms with Gasteiger partial charge in [0.05, 0.1) is 30.9 Å². The first-order valence-corrected chi connectivity index (χ1v) is 10.3. The Balaban J connectivity index is 1.45. The normalized spacial score (nSPS) is 21.1. The van der Waals surface area contributed by atoms with Crippen molar-refractivity contribution in [3.05, 3.63) is 83.4 Å². The Morgan fingerprint density at radius 2 is 2.00 bits per heavy atom. The van der Waals surface area contributed by atoms with E-state index in [-0.39, 0.29) is 18.1 Å². The molecule has 2 atom stereocenters. The minimum atomic E-state index is -0.270. The number of ether oxygens (including phenoxy) is 2. The molecule has 0 aliphatic carbocycles. The van der Waals surface area contributed by atoms with Gasteiger partial charge < -0.3 is 23.8 Å². The Hall–Kier alpha value is -3.81. The molecule has 2 aromatic carbocycles. The number of nitrogens with zero attached hydrogens (tertiary/aromatic N) is 4. The van der Waals surface area contributed by atoms with Gasteiger partial charge in [0.2, 0.25) is 5.84 Å². The summed E-state index contributed by atoms with van der Waals surface area (Å²) in [5.41, 5.74) is 3.67. The lowest BCUT2D eigenvalue weighted by Gasteiger charge is -2.37. The highest BCUT2D eigenvalue weighted by Gasteiger charge is 2.40. The molecule has 7 nitrogen and oxygen atoms in total. The zero-order chi connectivity index (χ0) is 22.2. The Kier molecular flexibility index (Phi) is 5.05. The summed E-state index contributed by atoms with van der Waals surface area (Å²) in [4.78, 5) is 11.9.